The van der Waals surface area contributed by atoms with Crippen molar-refractivity contribution in [3.05, 3.63) is 58.7 Å². The van der Waals surface area contributed by atoms with E-state index in [-0.39, 0.29) is 23.2 Å². The summed E-state index contributed by atoms with van der Waals surface area (Å²) in [5.74, 6) is 2.89. The van der Waals surface area contributed by atoms with Crippen LogP contribution >= 0.6 is 0 Å². The fourth-order valence-electron chi connectivity index (χ4n) is 7.46. The summed E-state index contributed by atoms with van der Waals surface area (Å²) in [6.07, 6.45) is 2.75. The minimum absolute atomic E-state index is 0.00786. The monoisotopic (exact) mass is 508 g/mol. The van der Waals surface area contributed by atoms with Crippen molar-refractivity contribution in [2.45, 2.75) is 57.5 Å². The lowest BCUT2D eigenvalue weighted by molar-refractivity contribution is -0.117. The second kappa shape index (κ2) is 10.6. The molecule has 0 bridgehead atoms. The van der Waals surface area contributed by atoms with Crippen LogP contribution in [0.4, 0.5) is 0 Å². The van der Waals surface area contributed by atoms with Crippen molar-refractivity contribution in [3.63, 3.8) is 0 Å². The van der Waals surface area contributed by atoms with E-state index in [1.165, 1.54) is 22.3 Å². The number of hydrogen-bond donors (Lipinski definition) is 1. The molecule has 37 heavy (non-hydrogen) atoms. The normalized spacial score (nSPS) is 28.3. The van der Waals surface area contributed by atoms with Gasteiger partial charge in [0.15, 0.2) is 0 Å². The Morgan fingerprint density at radius 1 is 0.784 bits per heavy atom. The predicted octanol–water partition coefficient (Wildman–Crippen LogP) is 5.21. The lowest BCUT2D eigenvalue weighted by Crippen LogP contribution is -2.56. The van der Waals surface area contributed by atoms with Gasteiger partial charge in [-0.3, -0.25) is 0 Å². The summed E-state index contributed by atoms with van der Waals surface area (Å²) >= 11 is 0. The van der Waals surface area contributed by atoms with E-state index in [9.17, 15) is 5.11 Å². The molecule has 5 atom stereocenters. The van der Waals surface area contributed by atoms with Gasteiger partial charge in [0, 0.05) is 13.1 Å². The van der Waals surface area contributed by atoms with Crippen molar-refractivity contribution in [2.75, 3.05) is 55.5 Å². The second-order valence-corrected chi connectivity index (χ2v) is 12.8. The molecule has 2 aromatic carbocycles. The summed E-state index contributed by atoms with van der Waals surface area (Å²) in [4.78, 5) is 4.44. The van der Waals surface area contributed by atoms with Gasteiger partial charge >= 0.3 is 0 Å². The summed E-state index contributed by atoms with van der Waals surface area (Å²) in [7, 11) is 12.0. The molecule has 4 rings (SSSR count). The van der Waals surface area contributed by atoms with Crippen molar-refractivity contribution in [2.24, 2.45) is 17.3 Å². The molecule has 5 nitrogen and oxygen atoms in total. The van der Waals surface area contributed by atoms with Crippen molar-refractivity contribution >= 4 is 0 Å². The minimum atomic E-state index is -0.759. The van der Waals surface area contributed by atoms with Gasteiger partial charge in [-0.25, -0.2) is 0 Å². The van der Waals surface area contributed by atoms with E-state index < -0.39 is 5.60 Å². The average Bonchev–Trinajstić information content (AvgIpc) is 3.10. The standard InChI is InChI=1S/C32H48N2O3/c1-31(2)28(24-19-22(15-17-34(6)7)11-13-27(24)37-9)30-29(31)25(20-32(30,3)35)23-18-21(14-16-33(4)5)10-12-26(23)36-8/h10-13,18-19,25,28-30,35H,14-17,20H2,1-9H3. The Kier molecular flexibility index (Phi) is 8.00. The molecule has 2 aliphatic rings. The van der Waals surface area contributed by atoms with Crippen LogP contribution in [0, 0.1) is 17.3 Å². The van der Waals surface area contributed by atoms with Gasteiger partial charge < -0.3 is 24.4 Å². The van der Waals surface area contributed by atoms with Crippen molar-refractivity contribution in [1.29, 1.82) is 0 Å². The maximum atomic E-state index is 11.9. The van der Waals surface area contributed by atoms with E-state index >= 15 is 0 Å². The third-order valence-electron chi connectivity index (χ3n) is 9.21. The number of nitrogens with zero attached hydrogens (tertiary/aromatic N) is 2. The first-order valence-corrected chi connectivity index (χ1v) is 13.8. The van der Waals surface area contributed by atoms with Crippen LogP contribution < -0.4 is 9.47 Å². The molecule has 1 N–H and O–H groups in total. The number of methoxy groups -OCH3 is 2. The molecular formula is C32H48N2O3. The number of fused-ring (bicyclic) bond motifs is 1. The first kappa shape index (κ1) is 27.9. The van der Waals surface area contributed by atoms with E-state index in [0.29, 0.717) is 5.92 Å². The van der Waals surface area contributed by atoms with Crippen LogP contribution in [0.3, 0.4) is 0 Å². The summed E-state index contributed by atoms with van der Waals surface area (Å²) in [5.41, 5.74) is 4.41. The highest BCUT2D eigenvalue weighted by Crippen LogP contribution is 2.74. The number of likely N-dealkylation sites (N-methyl/N-ethyl adjacent to an activating group) is 2. The van der Waals surface area contributed by atoms with Crippen molar-refractivity contribution in [1.82, 2.24) is 9.80 Å². The van der Waals surface area contributed by atoms with E-state index in [2.05, 4.69) is 95.2 Å². The number of aliphatic hydroxyl groups is 1. The summed E-state index contributed by atoms with van der Waals surface area (Å²) in [6.45, 7) is 8.86. The molecule has 0 heterocycles. The average molecular weight is 509 g/mol. The van der Waals surface area contributed by atoms with E-state index in [1.54, 1.807) is 14.2 Å². The van der Waals surface area contributed by atoms with Crippen LogP contribution in [0.2, 0.25) is 0 Å². The smallest absolute Gasteiger partial charge is 0.122 e. The van der Waals surface area contributed by atoms with E-state index in [4.69, 9.17) is 9.47 Å². The number of benzene rings is 2. The van der Waals surface area contributed by atoms with Crippen LogP contribution in [0.25, 0.3) is 0 Å². The Labute approximate surface area is 224 Å². The van der Waals surface area contributed by atoms with Crippen LogP contribution in [0.1, 0.15) is 61.3 Å². The van der Waals surface area contributed by atoms with Gasteiger partial charge in [0.05, 0.1) is 19.8 Å². The van der Waals surface area contributed by atoms with E-state index in [1.807, 2.05) is 0 Å². The molecule has 0 saturated heterocycles. The zero-order valence-electron chi connectivity index (χ0n) is 24.5. The third kappa shape index (κ3) is 5.28. The summed E-state index contributed by atoms with van der Waals surface area (Å²) in [6, 6.07) is 13.3. The highest BCUT2D eigenvalue weighted by Gasteiger charge is 2.69. The van der Waals surface area contributed by atoms with Gasteiger partial charge in [-0.1, -0.05) is 38.1 Å². The fraction of sp³-hybridized carbons (Fsp3) is 0.625. The van der Waals surface area contributed by atoms with Crippen LogP contribution in [-0.4, -0.2) is 76.0 Å². The van der Waals surface area contributed by atoms with Crippen LogP contribution in [0.15, 0.2) is 36.4 Å². The summed E-state index contributed by atoms with van der Waals surface area (Å²) in [5, 5.41) is 11.9. The Balaban J connectivity index is 1.71. The third-order valence-corrected chi connectivity index (χ3v) is 9.21. The molecule has 204 valence electrons. The van der Waals surface area contributed by atoms with Gasteiger partial charge in [-0.15, -0.1) is 0 Å². The molecule has 5 unspecified atom stereocenters. The minimum Gasteiger partial charge on any atom is -0.496 e. The molecule has 0 aliphatic heterocycles. The van der Waals surface area contributed by atoms with Gasteiger partial charge in [-0.05, 0) is 118 Å². The SMILES string of the molecule is COc1ccc(CCN(C)C)cc1C1CC(C)(O)C2C(c3cc(CCN(C)C)ccc3OC)C(C)(C)C12. The van der Waals surface area contributed by atoms with Crippen molar-refractivity contribution < 1.29 is 14.6 Å². The quantitative estimate of drug-likeness (QED) is 0.478. The Hall–Kier alpha value is -2.08. The molecule has 0 aromatic heterocycles. The zero-order chi connectivity index (χ0) is 27.1. The van der Waals surface area contributed by atoms with Crippen LogP contribution in [0.5, 0.6) is 11.5 Å². The van der Waals surface area contributed by atoms with Gasteiger partial charge in [-0.2, -0.15) is 0 Å². The fourth-order valence-corrected chi connectivity index (χ4v) is 7.46. The lowest BCUT2D eigenvalue weighted by Gasteiger charge is -2.60. The Bertz CT molecular complexity index is 1090. The largest absolute Gasteiger partial charge is 0.496 e. The van der Waals surface area contributed by atoms with E-state index in [0.717, 1.165) is 43.9 Å². The molecule has 0 radical (unpaired) electrons. The van der Waals surface area contributed by atoms with Crippen LogP contribution in [-0.2, 0) is 12.8 Å². The lowest BCUT2D eigenvalue weighted by atomic mass is 9.44. The topological polar surface area (TPSA) is 45.2 Å². The highest BCUT2D eigenvalue weighted by molar-refractivity contribution is 5.48. The molecular weight excluding hydrogens is 460 g/mol. The molecule has 2 aliphatic carbocycles. The summed E-state index contributed by atoms with van der Waals surface area (Å²) < 4.78 is 11.8. The predicted molar refractivity (Wildman–Crippen MR) is 152 cm³/mol. The molecule has 2 saturated carbocycles. The van der Waals surface area contributed by atoms with Gasteiger partial charge in [0.1, 0.15) is 11.5 Å². The molecule has 5 heteroatoms. The van der Waals surface area contributed by atoms with Gasteiger partial charge in [0.2, 0.25) is 0 Å². The van der Waals surface area contributed by atoms with Crippen molar-refractivity contribution in [3.8, 4) is 11.5 Å². The maximum absolute atomic E-state index is 11.9. The molecule has 0 spiro atoms. The number of hydrogen-bond acceptors (Lipinski definition) is 5. The maximum Gasteiger partial charge on any atom is 0.122 e. The Morgan fingerprint density at radius 2 is 1.27 bits per heavy atom. The first-order valence-electron chi connectivity index (χ1n) is 13.8. The first-order chi connectivity index (χ1) is 17.4. The number of ether oxygens (including phenoxy) is 2. The van der Waals surface area contributed by atoms with Gasteiger partial charge in [0.25, 0.3) is 0 Å². The molecule has 2 aromatic rings. The molecule has 0 amide bonds. The highest BCUT2D eigenvalue weighted by atomic mass is 16.5. The number of rotatable bonds is 10. The Morgan fingerprint density at radius 3 is 1.76 bits per heavy atom. The zero-order valence-corrected chi connectivity index (χ0v) is 24.5. The molecule has 2 fully saturated rings. The second-order valence-electron chi connectivity index (χ2n) is 12.8.